The Labute approximate surface area is 206 Å². The molecule has 1 saturated heterocycles. The number of carboxylic acids is 1. The van der Waals surface area contributed by atoms with Crippen molar-refractivity contribution < 1.29 is 29.6 Å². The number of fused-ring (bicyclic) bond motifs is 1. The third-order valence-corrected chi connectivity index (χ3v) is 5.92. The maximum absolute atomic E-state index is 12.2. The molecule has 192 valence electrons. The fourth-order valence-corrected chi connectivity index (χ4v) is 4.03. The van der Waals surface area contributed by atoms with Gasteiger partial charge >= 0.3 is 5.97 Å². The van der Waals surface area contributed by atoms with Gasteiger partial charge in [0.2, 0.25) is 5.95 Å². The lowest BCUT2D eigenvalue weighted by Crippen LogP contribution is -2.42. The number of likely N-dealkylation sites (N-methyl/N-ethyl adjacent to an activating group) is 1. The van der Waals surface area contributed by atoms with Crippen LogP contribution in [0.4, 0.5) is 11.8 Å². The van der Waals surface area contributed by atoms with Crippen molar-refractivity contribution in [3.63, 3.8) is 0 Å². The standard InChI is InChI=1S/C23H29N7O6/c1-2-25-21(35)18-16(33)17(34)22(36-18)30-11-27-15-19(24)28-23(29-20(15)30)26-10-9-13-5-3-12(4-6-13)7-8-14(31)32/h3-6,11,16-18,22,33-34H,2,7-10H2,1H3,(H,25,35)(H,31,32)(H3,24,26,28,29)/t16-,17+,18-,22+/m1/s1. The molecule has 0 spiro atoms. The molecular formula is C23H29N7O6. The summed E-state index contributed by atoms with van der Waals surface area (Å²) >= 11 is 0. The third-order valence-electron chi connectivity index (χ3n) is 5.92. The van der Waals surface area contributed by atoms with Crippen molar-refractivity contribution in [1.29, 1.82) is 0 Å². The molecule has 2 aromatic heterocycles. The normalized spacial score (nSPS) is 21.5. The average molecular weight is 500 g/mol. The molecule has 0 aliphatic carbocycles. The fourth-order valence-electron chi connectivity index (χ4n) is 4.03. The fraction of sp³-hybridized carbons (Fsp3) is 0.435. The van der Waals surface area contributed by atoms with Crippen LogP contribution < -0.4 is 16.4 Å². The first-order chi connectivity index (χ1) is 17.3. The van der Waals surface area contributed by atoms with Crippen LogP contribution in [0.2, 0.25) is 0 Å². The molecule has 1 fully saturated rings. The molecule has 13 heteroatoms. The predicted molar refractivity (Wildman–Crippen MR) is 129 cm³/mol. The maximum Gasteiger partial charge on any atom is 0.303 e. The van der Waals surface area contributed by atoms with Gasteiger partial charge in [0.1, 0.15) is 17.7 Å². The predicted octanol–water partition coefficient (Wildman–Crippen LogP) is -0.164. The molecule has 1 aromatic carbocycles. The molecule has 4 rings (SSSR count). The zero-order valence-corrected chi connectivity index (χ0v) is 19.7. The molecule has 0 saturated carbocycles. The van der Waals surface area contributed by atoms with Gasteiger partial charge in [0.05, 0.1) is 6.33 Å². The first-order valence-corrected chi connectivity index (χ1v) is 11.6. The third kappa shape index (κ3) is 5.37. The van der Waals surface area contributed by atoms with Crippen molar-refractivity contribution in [3.8, 4) is 0 Å². The Hall–Kier alpha value is -3.81. The van der Waals surface area contributed by atoms with Crippen molar-refractivity contribution >= 4 is 34.8 Å². The van der Waals surface area contributed by atoms with E-state index in [-0.39, 0.29) is 23.8 Å². The monoisotopic (exact) mass is 499 g/mol. The molecule has 36 heavy (non-hydrogen) atoms. The molecule has 13 nitrogen and oxygen atoms in total. The van der Waals surface area contributed by atoms with Gasteiger partial charge in [0, 0.05) is 19.5 Å². The Kier molecular flexibility index (Phi) is 7.62. The number of aliphatic hydroxyl groups excluding tert-OH is 2. The van der Waals surface area contributed by atoms with Crippen LogP contribution in [-0.4, -0.2) is 78.1 Å². The summed E-state index contributed by atoms with van der Waals surface area (Å²) in [5.74, 6) is -0.985. The van der Waals surface area contributed by atoms with Crippen LogP contribution in [0.15, 0.2) is 30.6 Å². The zero-order valence-electron chi connectivity index (χ0n) is 19.7. The number of hydrogen-bond acceptors (Lipinski definition) is 10. The maximum atomic E-state index is 12.2. The van der Waals surface area contributed by atoms with Gasteiger partial charge in [-0.1, -0.05) is 24.3 Å². The number of benzene rings is 1. The summed E-state index contributed by atoms with van der Waals surface area (Å²) in [6.45, 7) is 2.59. The lowest BCUT2D eigenvalue weighted by Gasteiger charge is -2.16. The number of nitrogens with two attached hydrogens (primary N) is 1. The molecule has 1 amide bonds. The molecular weight excluding hydrogens is 470 g/mol. The number of carbonyl (C=O) groups is 2. The summed E-state index contributed by atoms with van der Waals surface area (Å²) in [5, 5.41) is 35.4. The number of aliphatic hydroxyl groups is 2. The van der Waals surface area contributed by atoms with E-state index in [9.17, 15) is 19.8 Å². The van der Waals surface area contributed by atoms with E-state index in [0.29, 0.717) is 31.4 Å². The second-order valence-electron chi connectivity index (χ2n) is 8.47. The van der Waals surface area contributed by atoms with Gasteiger partial charge in [-0.15, -0.1) is 0 Å². The first kappa shape index (κ1) is 25.3. The van der Waals surface area contributed by atoms with Gasteiger partial charge in [-0.05, 0) is 30.9 Å². The number of aromatic nitrogens is 4. The smallest absolute Gasteiger partial charge is 0.303 e. The van der Waals surface area contributed by atoms with Gasteiger partial charge in [-0.3, -0.25) is 14.2 Å². The minimum atomic E-state index is -1.42. The number of nitrogens with one attached hydrogen (secondary N) is 2. The summed E-state index contributed by atoms with van der Waals surface area (Å²) in [7, 11) is 0. The van der Waals surface area contributed by atoms with Crippen LogP contribution in [0.1, 0.15) is 30.7 Å². The number of amides is 1. The van der Waals surface area contributed by atoms with Crippen LogP contribution in [0.5, 0.6) is 0 Å². The van der Waals surface area contributed by atoms with Crippen molar-refractivity contribution in [2.24, 2.45) is 0 Å². The van der Waals surface area contributed by atoms with E-state index in [1.807, 2.05) is 24.3 Å². The number of nitrogen functional groups attached to an aromatic ring is 1. The molecule has 0 radical (unpaired) electrons. The van der Waals surface area contributed by atoms with Crippen molar-refractivity contribution in [2.45, 2.75) is 50.7 Å². The number of anilines is 2. The van der Waals surface area contributed by atoms with E-state index < -0.39 is 36.4 Å². The minimum absolute atomic E-state index is 0.0905. The molecule has 1 aliphatic heterocycles. The van der Waals surface area contributed by atoms with E-state index in [0.717, 1.165) is 11.1 Å². The van der Waals surface area contributed by atoms with Crippen molar-refractivity contribution in [1.82, 2.24) is 24.8 Å². The molecule has 0 unspecified atom stereocenters. The van der Waals surface area contributed by atoms with E-state index in [2.05, 4.69) is 25.6 Å². The number of aliphatic carboxylic acids is 1. The number of hydrogen-bond donors (Lipinski definition) is 6. The van der Waals surface area contributed by atoms with E-state index in [1.165, 1.54) is 10.9 Å². The topological polar surface area (TPSA) is 198 Å². The largest absolute Gasteiger partial charge is 0.481 e. The number of carboxylic acid groups (broad SMARTS) is 1. The SMILES string of the molecule is CCNC(=O)[C@@H]1O[C@H](n2cnc3c(N)nc(NCCc4ccc(CCC(=O)O)cc4)nc32)[C@@H](O)[C@H]1O. The van der Waals surface area contributed by atoms with Crippen LogP contribution in [0, 0.1) is 0 Å². The number of aryl methyl sites for hydroxylation is 1. The minimum Gasteiger partial charge on any atom is -0.481 e. The van der Waals surface area contributed by atoms with E-state index in [4.69, 9.17) is 15.6 Å². The molecule has 0 bridgehead atoms. The van der Waals surface area contributed by atoms with Gasteiger partial charge in [-0.25, -0.2) is 4.98 Å². The van der Waals surface area contributed by atoms with E-state index >= 15 is 0 Å². The quantitative estimate of drug-likeness (QED) is 0.217. The number of rotatable bonds is 10. The molecule has 3 heterocycles. The number of carbonyl (C=O) groups excluding carboxylic acids is 1. The highest BCUT2D eigenvalue weighted by molar-refractivity contribution is 5.83. The number of imidazole rings is 1. The molecule has 4 atom stereocenters. The Balaban J connectivity index is 1.45. The second kappa shape index (κ2) is 10.8. The van der Waals surface area contributed by atoms with Crippen LogP contribution in [0.25, 0.3) is 11.2 Å². The summed E-state index contributed by atoms with van der Waals surface area (Å²) < 4.78 is 7.09. The molecule has 3 aromatic rings. The first-order valence-electron chi connectivity index (χ1n) is 11.6. The Bertz CT molecular complexity index is 1230. The van der Waals surface area contributed by atoms with Crippen molar-refractivity contribution in [3.05, 3.63) is 41.7 Å². The summed E-state index contributed by atoms with van der Waals surface area (Å²) in [6, 6.07) is 7.71. The lowest BCUT2D eigenvalue weighted by atomic mass is 10.1. The Morgan fingerprint density at radius 2 is 1.81 bits per heavy atom. The molecule has 1 aliphatic rings. The highest BCUT2D eigenvalue weighted by Gasteiger charge is 2.47. The molecule has 7 N–H and O–H groups in total. The van der Waals surface area contributed by atoms with Crippen molar-refractivity contribution in [2.75, 3.05) is 24.1 Å². The lowest BCUT2D eigenvalue weighted by molar-refractivity contribution is -0.138. The summed E-state index contributed by atoms with van der Waals surface area (Å²) in [5.41, 5.74) is 8.65. The van der Waals surface area contributed by atoms with Gasteiger partial charge in [0.25, 0.3) is 5.91 Å². The zero-order chi connectivity index (χ0) is 25.8. The average Bonchev–Trinajstić information content (AvgIpc) is 3.40. The van der Waals surface area contributed by atoms with Crippen LogP contribution >= 0.6 is 0 Å². The Morgan fingerprint density at radius 1 is 1.11 bits per heavy atom. The van der Waals surface area contributed by atoms with Gasteiger partial charge < -0.3 is 36.4 Å². The summed E-state index contributed by atoms with van der Waals surface area (Å²) in [6.07, 6.45) is -2.56. The van der Waals surface area contributed by atoms with Crippen LogP contribution in [0.3, 0.4) is 0 Å². The van der Waals surface area contributed by atoms with E-state index in [1.54, 1.807) is 6.92 Å². The Morgan fingerprint density at radius 3 is 2.47 bits per heavy atom. The summed E-state index contributed by atoms with van der Waals surface area (Å²) in [4.78, 5) is 35.8. The van der Waals surface area contributed by atoms with Gasteiger partial charge in [-0.2, -0.15) is 9.97 Å². The van der Waals surface area contributed by atoms with Gasteiger partial charge in [0.15, 0.2) is 23.8 Å². The highest BCUT2D eigenvalue weighted by Crippen LogP contribution is 2.32. The highest BCUT2D eigenvalue weighted by atomic mass is 16.6. The second-order valence-corrected chi connectivity index (χ2v) is 8.47. The number of ether oxygens (including phenoxy) is 1. The number of nitrogens with zero attached hydrogens (tertiary/aromatic N) is 4. The van der Waals surface area contributed by atoms with Crippen LogP contribution in [-0.2, 0) is 27.2 Å².